The molecule has 2 heterocycles. The maximum absolute atomic E-state index is 12.4. The van der Waals surface area contributed by atoms with Crippen molar-refractivity contribution in [1.82, 2.24) is 31.9 Å². The number of benzene rings is 1. The van der Waals surface area contributed by atoms with Crippen LogP contribution in [0.5, 0.6) is 0 Å². The lowest BCUT2D eigenvalue weighted by Crippen LogP contribution is -2.68. The average molecular weight is 402 g/mol. The fourth-order valence-electron chi connectivity index (χ4n) is 3.55. The molecule has 0 saturated carbocycles. The summed E-state index contributed by atoms with van der Waals surface area (Å²) in [5, 5.41) is 18.7. The minimum Gasteiger partial charge on any atom is -0.356 e. The predicted molar refractivity (Wildman–Crippen MR) is 113 cm³/mol. The number of rotatable bonds is 6. The summed E-state index contributed by atoms with van der Waals surface area (Å²) >= 11 is 0. The van der Waals surface area contributed by atoms with E-state index in [1.807, 2.05) is 18.2 Å². The highest BCUT2D eigenvalue weighted by Gasteiger charge is 2.26. The van der Waals surface area contributed by atoms with Gasteiger partial charge in [-0.2, -0.15) is 0 Å². The van der Waals surface area contributed by atoms with Crippen LogP contribution < -0.4 is 31.9 Å². The van der Waals surface area contributed by atoms with E-state index < -0.39 is 0 Å². The Labute approximate surface area is 171 Å². The molecule has 158 valence electrons. The summed E-state index contributed by atoms with van der Waals surface area (Å²) in [7, 11) is 0. The van der Waals surface area contributed by atoms with Crippen LogP contribution in [0.4, 0.5) is 10.5 Å². The van der Waals surface area contributed by atoms with Gasteiger partial charge in [0.15, 0.2) is 0 Å². The van der Waals surface area contributed by atoms with E-state index in [0.29, 0.717) is 18.8 Å². The zero-order valence-corrected chi connectivity index (χ0v) is 17.0. The monoisotopic (exact) mass is 401 g/mol. The lowest BCUT2D eigenvalue weighted by molar-refractivity contribution is -0.118. The van der Waals surface area contributed by atoms with Crippen LogP contribution in [-0.2, 0) is 11.2 Å². The first kappa shape index (κ1) is 21.2. The number of hydrogen-bond acceptors (Lipinski definition) is 6. The number of carbonyl (C=O) groups excluding carboxylic acids is 2. The van der Waals surface area contributed by atoms with Gasteiger partial charge in [0.2, 0.25) is 5.91 Å². The van der Waals surface area contributed by atoms with E-state index in [0.717, 1.165) is 31.5 Å². The summed E-state index contributed by atoms with van der Waals surface area (Å²) in [5.41, 5.74) is 2.12. The lowest BCUT2D eigenvalue weighted by atomic mass is 10.0. The molecule has 0 spiro atoms. The summed E-state index contributed by atoms with van der Waals surface area (Å²) < 4.78 is 0. The van der Waals surface area contributed by atoms with Crippen molar-refractivity contribution in [2.45, 2.75) is 58.0 Å². The smallest absolute Gasteiger partial charge is 0.322 e. The molecule has 1 fully saturated rings. The second-order valence-corrected chi connectivity index (χ2v) is 7.53. The number of amides is 3. The van der Waals surface area contributed by atoms with Gasteiger partial charge in [0, 0.05) is 25.9 Å². The number of fused-ring (bicyclic) bond motifs is 1. The zero-order chi connectivity index (χ0) is 20.6. The molecule has 9 nitrogen and oxygen atoms in total. The SMILES string of the molecule is CC(=O)NCCCNC1CC(C)NC(NC(=O)NC2=Nc3ccccc3CC2)N1. The molecular weight excluding hydrogens is 370 g/mol. The van der Waals surface area contributed by atoms with E-state index in [4.69, 9.17) is 0 Å². The Bertz CT molecular complexity index is 752. The standard InChI is InChI=1S/C20H31N7O2/c1-13-12-18(22-11-5-10-21-14(2)28)25-19(23-13)27-20(29)26-17-9-8-15-6-3-4-7-16(15)24-17/h3-4,6-7,13,18-19,22-23,25H,5,8-12H2,1-2H3,(H,21,28)(H2,24,26,27,29). The van der Waals surface area contributed by atoms with Gasteiger partial charge >= 0.3 is 6.03 Å². The van der Waals surface area contributed by atoms with Crippen LogP contribution in [0.3, 0.4) is 0 Å². The fraction of sp³-hybridized carbons (Fsp3) is 0.550. The third kappa shape index (κ3) is 6.81. The number of aliphatic imine (C=N–C) groups is 1. The fourth-order valence-corrected chi connectivity index (χ4v) is 3.55. The zero-order valence-electron chi connectivity index (χ0n) is 17.0. The molecule has 6 N–H and O–H groups in total. The third-order valence-electron chi connectivity index (χ3n) is 4.94. The van der Waals surface area contributed by atoms with Gasteiger partial charge in [-0.1, -0.05) is 18.2 Å². The highest BCUT2D eigenvalue weighted by Crippen LogP contribution is 2.24. The van der Waals surface area contributed by atoms with Gasteiger partial charge in [-0.15, -0.1) is 0 Å². The molecule has 0 aliphatic carbocycles. The average Bonchev–Trinajstić information content (AvgIpc) is 2.67. The molecule has 0 aromatic heterocycles. The van der Waals surface area contributed by atoms with E-state index in [9.17, 15) is 9.59 Å². The van der Waals surface area contributed by atoms with Crippen molar-refractivity contribution in [2.24, 2.45) is 4.99 Å². The van der Waals surface area contributed by atoms with Crippen molar-refractivity contribution in [3.8, 4) is 0 Å². The van der Waals surface area contributed by atoms with Crippen LogP contribution in [0.25, 0.3) is 0 Å². The van der Waals surface area contributed by atoms with E-state index in [-0.39, 0.29) is 30.4 Å². The van der Waals surface area contributed by atoms with Gasteiger partial charge in [-0.3, -0.25) is 20.7 Å². The van der Waals surface area contributed by atoms with Crippen LogP contribution in [0.2, 0.25) is 0 Å². The number of para-hydroxylation sites is 1. The summed E-state index contributed by atoms with van der Waals surface area (Å²) in [6.45, 7) is 5.03. The second-order valence-electron chi connectivity index (χ2n) is 7.53. The van der Waals surface area contributed by atoms with Crippen LogP contribution in [-0.4, -0.2) is 49.4 Å². The normalized spacial score (nSPS) is 23.5. The molecular formula is C20H31N7O2. The molecule has 2 aliphatic heterocycles. The molecule has 0 bridgehead atoms. The Morgan fingerprint density at radius 2 is 2.00 bits per heavy atom. The van der Waals surface area contributed by atoms with Crippen molar-refractivity contribution < 1.29 is 9.59 Å². The maximum Gasteiger partial charge on any atom is 0.322 e. The molecule has 3 atom stereocenters. The number of hydrogen-bond donors (Lipinski definition) is 6. The summed E-state index contributed by atoms with van der Waals surface area (Å²) in [6, 6.07) is 7.94. The number of amidine groups is 1. The summed E-state index contributed by atoms with van der Waals surface area (Å²) in [6.07, 6.45) is 3.06. The number of carbonyl (C=O) groups is 2. The predicted octanol–water partition coefficient (Wildman–Crippen LogP) is 0.659. The molecule has 29 heavy (non-hydrogen) atoms. The molecule has 1 aromatic carbocycles. The highest BCUT2D eigenvalue weighted by atomic mass is 16.2. The van der Waals surface area contributed by atoms with Crippen LogP contribution in [0.15, 0.2) is 29.3 Å². The highest BCUT2D eigenvalue weighted by molar-refractivity contribution is 5.99. The second kappa shape index (κ2) is 10.3. The Hall–Kier alpha value is -2.49. The van der Waals surface area contributed by atoms with Gasteiger partial charge in [-0.05, 0) is 44.4 Å². The van der Waals surface area contributed by atoms with Crippen molar-refractivity contribution in [3.63, 3.8) is 0 Å². The minimum atomic E-state index is -0.344. The number of aryl methyl sites for hydroxylation is 1. The van der Waals surface area contributed by atoms with Crippen molar-refractivity contribution in [3.05, 3.63) is 29.8 Å². The molecule has 2 aliphatic rings. The molecule has 3 unspecified atom stereocenters. The van der Waals surface area contributed by atoms with Gasteiger partial charge in [0.25, 0.3) is 0 Å². The molecule has 3 amide bonds. The number of urea groups is 1. The first-order valence-corrected chi connectivity index (χ1v) is 10.2. The van der Waals surface area contributed by atoms with Crippen LogP contribution >= 0.6 is 0 Å². The Morgan fingerprint density at radius 1 is 1.17 bits per heavy atom. The maximum atomic E-state index is 12.4. The van der Waals surface area contributed by atoms with Gasteiger partial charge < -0.3 is 16.0 Å². The van der Waals surface area contributed by atoms with Crippen molar-refractivity contribution in [2.75, 3.05) is 13.1 Å². The Kier molecular flexibility index (Phi) is 7.56. The summed E-state index contributed by atoms with van der Waals surface area (Å²) in [4.78, 5) is 27.9. The van der Waals surface area contributed by atoms with Gasteiger partial charge in [0.05, 0.1) is 11.9 Å². The van der Waals surface area contributed by atoms with E-state index in [2.05, 4.69) is 49.9 Å². The van der Waals surface area contributed by atoms with E-state index >= 15 is 0 Å². The van der Waals surface area contributed by atoms with Crippen LogP contribution in [0, 0.1) is 0 Å². The minimum absolute atomic E-state index is 0.0139. The quantitative estimate of drug-likeness (QED) is 0.392. The molecule has 0 radical (unpaired) electrons. The summed E-state index contributed by atoms with van der Waals surface area (Å²) in [5.74, 6) is 0.664. The molecule has 9 heteroatoms. The largest absolute Gasteiger partial charge is 0.356 e. The van der Waals surface area contributed by atoms with E-state index in [1.54, 1.807) is 0 Å². The Morgan fingerprint density at radius 3 is 2.83 bits per heavy atom. The third-order valence-corrected chi connectivity index (χ3v) is 4.94. The first-order chi connectivity index (χ1) is 14.0. The number of nitrogens with one attached hydrogen (secondary N) is 6. The lowest BCUT2D eigenvalue weighted by Gasteiger charge is -2.37. The van der Waals surface area contributed by atoms with Crippen molar-refractivity contribution >= 4 is 23.5 Å². The number of nitrogens with zero attached hydrogens (tertiary/aromatic N) is 1. The van der Waals surface area contributed by atoms with Gasteiger partial charge in [-0.25, -0.2) is 9.79 Å². The van der Waals surface area contributed by atoms with E-state index in [1.165, 1.54) is 12.5 Å². The topological polar surface area (TPSA) is 119 Å². The van der Waals surface area contributed by atoms with Gasteiger partial charge in [0.1, 0.15) is 12.1 Å². The molecule has 1 saturated heterocycles. The molecule has 1 aromatic rings. The molecule has 3 rings (SSSR count). The first-order valence-electron chi connectivity index (χ1n) is 10.2. The van der Waals surface area contributed by atoms with Crippen LogP contribution in [0.1, 0.15) is 38.7 Å². The van der Waals surface area contributed by atoms with Crippen molar-refractivity contribution in [1.29, 1.82) is 0 Å². The Balaban J connectivity index is 1.43.